The number of carbonyl (C=O) groups excluding carboxylic acids is 2. The molecule has 7 heteroatoms. The van der Waals surface area contributed by atoms with Crippen LogP contribution in [0.5, 0.6) is 0 Å². The minimum Gasteiger partial charge on any atom is -0.449 e. The van der Waals surface area contributed by atoms with Gasteiger partial charge in [-0.3, -0.25) is 4.79 Å². The zero-order chi connectivity index (χ0) is 17.5. The number of likely N-dealkylation sites (N-methyl/N-ethyl adjacent to an activating group) is 1. The zero-order valence-electron chi connectivity index (χ0n) is 13.9. The van der Waals surface area contributed by atoms with Gasteiger partial charge in [0, 0.05) is 23.4 Å². The van der Waals surface area contributed by atoms with E-state index in [4.69, 9.17) is 4.74 Å². The van der Waals surface area contributed by atoms with Crippen molar-refractivity contribution in [2.24, 2.45) is 0 Å². The van der Waals surface area contributed by atoms with Gasteiger partial charge in [-0.2, -0.15) is 0 Å². The number of hydrogen-bond donors (Lipinski definition) is 1. The molecule has 0 aliphatic carbocycles. The summed E-state index contributed by atoms with van der Waals surface area (Å²) in [6, 6.07) is 7.28. The van der Waals surface area contributed by atoms with E-state index in [0.717, 1.165) is 15.6 Å². The number of thiazole rings is 1. The second-order valence-corrected chi connectivity index (χ2v) is 7.22. The number of ether oxygens (including phenoxy) is 1. The number of hydrogen-bond acceptors (Lipinski definition) is 6. The normalized spacial score (nSPS) is 11.8. The lowest BCUT2D eigenvalue weighted by Crippen LogP contribution is -2.35. The summed E-state index contributed by atoms with van der Waals surface area (Å²) in [6.45, 7) is 5.84. The second-order valence-electron chi connectivity index (χ2n) is 5.14. The molecule has 0 unspecified atom stereocenters. The van der Waals surface area contributed by atoms with E-state index in [-0.39, 0.29) is 5.91 Å². The van der Waals surface area contributed by atoms with Crippen LogP contribution in [0.2, 0.25) is 0 Å². The van der Waals surface area contributed by atoms with Crippen LogP contribution in [-0.2, 0) is 15.3 Å². The molecule has 2 rings (SSSR count). The van der Waals surface area contributed by atoms with Gasteiger partial charge in [-0.05, 0) is 32.4 Å². The Balaban J connectivity index is 2.04. The average Bonchev–Trinajstić information content (AvgIpc) is 2.98. The molecule has 128 valence electrons. The SMILES string of the molecule is CCNC(=O)[C@H](C)OC(=O)c1ccccc1CSc1nc(C)cs1. The van der Waals surface area contributed by atoms with Crippen molar-refractivity contribution in [3.63, 3.8) is 0 Å². The van der Waals surface area contributed by atoms with Gasteiger partial charge in [0.15, 0.2) is 6.10 Å². The van der Waals surface area contributed by atoms with Crippen LogP contribution in [0.25, 0.3) is 0 Å². The number of esters is 1. The molecule has 1 heterocycles. The fourth-order valence-corrected chi connectivity index (χ4v) is 3.83. The Morgan fingerprint density at radius 2 is 2.12 bits per heavy atom. The number of carbonyl (C=O) groups is 2. The minimum absolute atomic E-state index is 0.295. The van der Waals surface area contributed by atoms with Gasteiger partial charge in [-0.15, -0.1) is 11.3 Å². The maximum Gasteiger partial charge on any atom is 0.339 e. The van der Waals surface area contributed by atoms with Crippen LogP contribution in [0.4, 0.5) is 0 Å². The maximum absolute atomic E-state index is 12.4. The zero-order valence-corrected chi connectivity index (χ0v) is 15.5. The predicted molar refractivity (Wildman–Crippen MR) is 96.4 cm³/mol. The average molecular weight is 364 g/mol. The molecule has 2 aromatic rings. The molecule has 0 aliphatic heterocycles. The van der Waals surface area contributed by atoms with Crippen LogP contribution in [0.1, 0.15) is 35.5 Å². The van der Waals surface area contributed by atoms with E-state index in [1.54, 1.807) is 42.2 Å². The number of nitrogens with zero attached hydrogens (tertiary/aromatic N) is 1. The highest BCUT2D eigenvalue weighted by Crippen LogP contribution is 2.27. The van der Waals surface area contributed by atoms with Gasteiger partial charge < -0.3 is 10.1 Å². The van der Waals surface area contributed by atoms with Gasteiger partial charge in [0.05, 0.1) is 5.56 Å². The van der Waals surface area contributed by atoms with Crippen molar-refractivity contribution in [2.75, 3.05) is 6.54 Å². The molecular weight excluding hydrogens is 344 g/mol. The molecule has 1 amide bonds. The summed E-state index contributed by atoms with van der Waals surface area (Å²) in [6.07, 6.45) is -0.820. The van der Waals surface area contributed by atoms with Gasteiger partial charge >= 0.3 is 5.97 Å². The lowest BCUT2D eigenvalue weighted by molar-refractivity contribution is -0.128. The highest BCUT2D eigenvalue weighted by atomic mass is 32.2. The Bertz CT molecular complexity index is 715. The smallest absolute Gasteiger partial charge is 0.339 e. The number of aromatic nitrogens is 1. The maximum atomic E-state index is 12.4. The Morgan fingerprint density at radius 3 is 2.79 bits per heavy atom. The van der Waals surface area contributed by atoms with E-state index < -0.39 is 12.1 Å². The van der Waals surface area contributed by atoms with Crippen molar-refractivity contribution in [2.45, 2.75) is 37.0 Å². The van der Waals surface area contributed by atoms with E-state index in [1.165, 1.54) is 0 Å². The molecule has 1 atom stereocenters. The van der Waals surface area contributed by atoms with Crippen molar-refractivity contribution < 1.29 is 14.3 Å². The summed E-state index contributed by atoms with van der Waals surface area (Å²) in [4.78, 5) is 28.5. The quantitative estimate of drug-likeness (QED) is 0.602. The third-order valence-corrected chi connectivity index (χ3v) is 5.38. The molecular formula is C17H20N2O3S2. The van der Waals surface area contributed by atoms with Crippen LogP contribution in [0.3, 0.4) is 0 Å². The van der Waals surface area contributed by atoms with Crippen LogP contribution in [0, 0.1) is 6.92 Å². The van der Waals surface area contributed by atoms with Crippen molar-refractivity contribution in [3.05, 3.63) is 46.5 Å². The molecule has 1 N–H and O–H groups in total. The monoisotopic (exact) mass is 364 g/mol. The molecule has 1 aromatic carbocycles. The first-order valence-corrected chi connectivity index (χ1v) is 9.49. The van der Waals surface area contributed by atoms with E-state index in [0.29, 0.717) is 17.9 Å². The Labute approximate surface area is 149 Å². The largest absolute Gasteiger partial charge is 0.449 e. The highest BCUT2D eigenvalue weighted by molar-refractivity contribution is 8.00. The van der Waals surface area contributed by atoms with E-state index >= 15 is 0 Å². The molecule has 0 spiro atoms. The molecule has 0 saturated heterocycles. The summed E-state index contributed by atoms with van der Waals surface area (Å²) < 4.78 is 6.24. The topological polar surface area (TPSA) is 68.3 Å². The summed E-state index contributed by atoms with van der Waals surface area (Å²) in [7, 11) is 0. The van der Waals surface area contributed by atoms with Crippen LogP contribution < -0.4 is 5.32 Å². The standard InChI is InChI=1S/C17H20N2O3S2/c1-4-18-15(20)12(3)22-16(21)14-8-6-5-7-13(14)10-24-17-19-11(2)9-23-17/h5-9,12H,4,10H2,1-3H3,(H,18,20)/t12-/m0/s1. The predicted octanol–water partition coefficient (Wildman–Crippen LogP) is 3.43. The van der Waals surface area contributed by atoms with Crippen LogP contribution in [-0.4, -0.2) is 29.5 Å². The van der Waals surface area contributed by atoms with E-state index in [9.17, 15) is 9.59 Å². The summed E-state index contributed by atoms with van der Waals surface area (Å²) in [5, 5.41) is 4.64. The number of nitrogens with one attached hydrogen (secondary N) is 1. The molecule has 5 nitrogen and oxygen atoms in total. The first kappa shape index (κ1) is 18.5. The highest BCUT2D eigenvalue weighted by Gasteiger charge is 2.20. The van der Waals surface area contributed by atoms with Gasteiger partial charge in [0.25, 0.3) is 5.91 Å². The summed E-state index contributed by atoms with van der Waals surface area (Å²) >= 11 is 3.17. The van der Waals surface area contributed by atoms with E-state index in [2.05, 4.69) is 10.3 Å². The third-order valence-electron chi connectivity index (χ3n) is 3.19. The molecule has 1 aromatic heterocycles. The van der Waals surface area contributed by atoms with Crippen LogP contribution >= 0.6 is 23.1 Å². The van der Waals surface area contributed by atoms with Crippen molar-refractivity contribution in [1.29, 1.82) is 0 Å². The lowest BCUT2D eigenvalue weighted by atomic mass is 10.1. The number of aryl methyl sites for hydroxylation is 1. The summed E-state index contributed by atoms with van der Waals surface area (Å²) in [5.41, 5.74) is 2.34. The fraction of sp³-hybridized carbons (Fsp3) is 0.353. The second kappa shape index (κ2) is 8.84. The summed E-state index contributed by atoms with van der Waals surface area (Å²) in [5.74, 6) is -0.162. The van der Waals surface area contributed by atoms with Crippen molar-refractivity contribution in [1.82, 2.24) is 10.3 Å². The molecule has 0 fully saturated rings. The van der Waals surface area contributed by atoms with Crippen LogP contribution in [0.15, 0.2) is 34.0 Å². The lowest BCUT2D eigenvalue weighted by Gasteiger charge is -2.14. The molecule has 0 radical (unpaired) electrons. The third kappa shape index (κ3) is 5.07. The Morgan fingerprint density at radius 1 is 1.38 bits per heavy atom. The number of rotatable bonds is 7. The Hall–Kier alpha value is -1.86. The first-order valence-electron chi connectivity index (χ1n) is 7.62. The van der Waals surface area contributed by atoms with E-state index in [1.807, 2.05) is 31.4 Å². The first-order chi connectivity index (χ1) is 11.5. The fourth-order valence-electron chi connectivity index (χ4n) is 1.98. The van der Waals surface area contributed by atoms with Crippen molar-refractivity contribution in [3.8, 4) is 0 Å². The molecule has 24 heavy (non-hydrogen) atoms. The molecule has 0 bridgehead atoms. The molecule has 0 aliphatic rings. The minimum atomic E-state index is -0.820. The number of thioether (sulfide) groups is 1. The van der Waals surface area contributed by atoms with Crippen molar-refractivity contribution >= 4 is 35.0 Å². The van der Waals surface area contributed by atoms with Gasteiger partial charge in [-0.25, -0.2) is 9.78 Å². The molecule has 0 saturated carbocycles. The van der Waals surface area contributed by atoms with Gasteiger partial charge in [-0.1, -0.05) is 30.0 Å². The number of benzene rings is 1. The van der Waals surface area contributed by atoms with Gasteiger partial charge in [0.1, 0.15) is 4.34 Å². The number of amides is 1. The Kier molecular flexibility index (Phi) is 6.81. The van der Waals surface area contributed by atoms with Gasteiger partial charge in [0.2, 0.25) is 0 Å².